The van der Waals surface area contributed by atoms with E-state index in [0.29, 0.717) is 23.7 Å². The number of carbonyl (C=O) groups is 2. The molecule has 6 nitrogen and oxygen atoms in total. The van der Waals surface area contributed by atoms with Gasteiger partial charge in [-0.15, -0.1) is 11.6 Å². The maximum absolute atomic E-state index is 13.0. The fraction of sp³-hybridized carbons (Fsp3) is 0.636. The Morgan fingerprint density at radius 1 is 1.24 bits per heavy atom. The molecule has 1 aliphatic heterocycles. The van der Waals surface area contributed by atoms with E-state index in [9.17, 15) is 9.59 Å². The third-order valence-electron chi connectivity index (χ3n) is 5.60. The van der Waals surface area contributed by atoms with Crippen LogP contribution >= 0.6 is 11.6 Å². The Hall–Kier alpha value is -1.79. The van der Waals surface area contributed by atoms with E-state index < -0.39 is 5.38 Å². The molecule has 1 fully saturated rings. The highest BCUT2D eigenvalue weighted by molar-refractivity contribution is 6.32. The van der Waals surface area contributed by atoms with Crippen molar-refractivity contribution in [2.75, 3.05) is 49.5 Å². The number of nitrogens with one attached hydrogen (secondary N) is 2. The molecule has 1 unspecified atom stereocenters. The molecule has 7 heteroatoms. The van der Waals surface area contributed by atoms with Crippen LogP contribution in [0.15, 0.2) is 18.2 Å². The number of rotatable bonds is 9. The van der Waals surface area contributed by atoms with Crippen molar-refractivity contribution in [2.45, 2.75) is 45.9 Å². The Labute approximate surface area is 180 Å². The summed E-state index contributed by atoms with van der Waals surface area (Å²) in [5, 5.41) is 5.20. The zero-order valence-electron chi connectivity index (χ0n) is 18.1. The zero-order chi connectivity index (χ0) is 21.4. The number of likely N-dealkylation sites (N-methyl/N-ethyl adjacent to an activating group) is 1. The van der Waals surface area contributed by atoms with Crippen molar-refractivity contribution < 1.29 is 9.59 Å². The summed E-state index contributed by atoms with van der Waals surface area (Å²) < 4.78 is 0. The molecule has 0 aliphatic carbocycles. The summed E-state index contributed by atoms with van der Waals surface area (Å²) in [6.45, 7) is 13.3. The topological polar surface area (TPSA) is 64.7 Å². The highest BCUT2D eigenvalue weighted by atomic mass is 35.5. The summed E-state index contributed by atoms with van der Waals surface area (Å²) >= 11 is 5.87. The van der Waals surface area contributed by atoms with Gasteiger partial charge in [0.15, 0.2) is 0 Å². The van der Waals surface area contributed by atoms with E-state index >= 15 is 0 Å². The third-order valence-corrected chi connectivity index (χ3v) is 5.80. The zero-order valence-corrected chi connectivity index (χ0v) is 18.9. The number of hydrogen-bond donors (Lipinski definition) is 2. The molecule has 0 spiro atoms. The van der Waals surface area contributed by atoms with Crippen molar-refractivity contribution in [3.8, 4) is 0 Å². The van der Waals surface area contributed by atoms with Crippen molar-refractivity contribution in [1.82, 2.24) is 10.2 Å². The molecule has 2 N–H and O–H groups in total. The number of alkyl halides is 1. The van der Waals surface area contributed by atoms with Crippen LogP contribution < -0.4 is 15.5 Å². The van der Waals surface area contributed by atoms with Gasteiger partial charge in [0, 0.05) is 37.6 Å². The molecular formula is C22H35ClN4O2. The fourth-order valence-electron chi connectivity index (χ4n) is 3.53. The summed E-state index contributed by atoms with van der Waals surface area (Å²) in [4.78, 5) is 29.5. The Morgan fingerprint density at radius 3 is 2.48 bits per heavy atom. The lowest BCUT2D eigenvalue weighted by Gasteiger charge is -2.33. The quantitative estimate of drug-likeness (QED) is 0.597. The molecule has 1 aromatic rings. The van der Waals surface area contributed by atoms with Crippen LogP contribution in [0.4, 0.5) is 11.4 Å². The lowest BCUT2D eigenvalue weighted by atomic mass is 9.97. The maximum atomic E-state index is 13.0. The summed E-state index contributed by atoms with van der Waals surface area (Å²) in [7, 11) is 0. The fourth-order valence-corrected chi connectivity index (χ4v) is 3.58. The molecule has 1 aliphatic rings. The first-order valence-corrected chi connectivity index (χ1v) is 11.1. The van der Waals surface area contributed by atoms with Gasteiger partial charge < -0.3 is 20.4 Å². The average molecular weight is 423 g/mol. The van der Waals surface area contributed by atoms with E-state index in [1.807, 2.05) is 12.1 Å². The van der Waals surface area contributed by atoms with Crippen LogP contribution in [0, 0.1) is 5.92 Å². The van der Waals surface area contributed by atoms with Crippen molar-refractivity contribution in [2.24, 2.45) is 5.92 Å². The van der Waals surface area contributed by atoms with Crippen LogP contribution in [0.1, 0.15) is 50.9 Å². The second kappa shape index (κ2) is 11.4. The molecule has 1 saturated heterocycles. The van der Waals surface area contributed by atoms with Gasteiger partial charge in [-0.25, -0.2) is 0 Å². The van der Waals surface area contributed by atoms with Gasteiger partial charge in [-0.3, -0.25) is 9.59 Å². The highest BCUT2D eigenvalue weighted by Gasteiger charge is 2.22. The summed E-state index contributed by atoms with van der Waals surface area (Å²) in [6.07, 6.45) is 2.23. The average Bonchev–Trinajstić information content (AvgIpc) is 2.71. The van der Waals surface area contributed by atoms with Crippen LogP contribution in [0.2, 0.25) is 0 Å². The van der Waals surface area contributed by atoms with Crippen molar-refractivity contribution in [3.63, 3.8) is 0 Å². The maximum Gasteiger partial charge on any atom is 0.253 e. The molecule has 0 saturated carbocycles. The number of benzene rings is 1. The highest BCUT2D eigenvalue weighted by Crippen LogP contribution is 2.29. The molecule has 0 radical (unpaired) electrons. The number of halogens is 1. The first-order chi connectivity index (χ1) is 13.8. The van der Waals surface area contributed by atoms with Crippen molar-refractivity contribution in [3.05, 3.63) is 23.8 Å². The summed E-state index contributed by atoms with van der Waals surface area (Å²) in [5.41, 5.74) is 2.11. The Bertz CT molecular complexity index is 683. The molecule has 0 aromatic heterocycles. The number of hydrogen-bond acceptors (Lipinski definition) is 4. The van der Waals surface area contributed by atoms with Gasteiger partial charge in [-0.1, -0.05) is 20.8 Å². The van der Waals surface area contributed by atoms with Crippen LogP contribution in [0.25, 0.3) is 0 Å². The number of piperidine rings is 1. The largest absolute Gasteiger partial charge is 0.371 e. The van der Waals surface area contributed by atoms with Gasteiger partial charge in [0.2, 0.25) is 5.91 Å². The normalized spacial score (nSPS) is 16.0. The number of nitrogens with zero attached hydrogens (tertiary/aromatic N) is 2. The minimum atomic E-state index is -0.635. The molecule has 1 heterocycles. The van der Waals surface area contributed by atoms with E-state index in [1.165, 1.54) is 0 Å². The summed E-state index contributed by atoms with van der Waals surface area (Å²) in [6, 6.07) is 5.54. The van der Waals surface area contributed by atoms with Crippen molar-refractivity contribution in [1.29, 1.82) is 0 Å². The van der Waals surface area contributed by atoms with Gasteiger partial charge in [0.25, 0.3) is 5.91 Å². The Morgan fingerprint density at radius 2 is 1.90 bits per heavy atom. The SMILES string of the molecule is CCN(CC)CCNC(=O)c1cc(NC(=O)C(C)Cl)ccc1N1CCC(C)CC1. The van der Waals surface area contributed by atoms with Crippen molar-refractivity contribution >= 4 is 34.8 Å². The number of anilines is 2. The first kappa shape index (κ1) is 23.5. The third kappa shape index (κ3) is 6.89. The minimum Gasteiger partial charge on any atom is -0.371 e. The second-order valence-electron chi connectivity index (χ2n) is 7.79. The Balaban J connectivity index is 2.19. The van der Waals surface area contributed by atoms with E-state index in [4.69, 9.17) is 11.6 Å². The minimum absolute atomic E-state index is 0.110. The molecule has 2 amide bonds. The second-order valence-corrected chi connectivity index (χ2v) is 8.44. The molecule has 2 rings (SSSR count). The van der Waals surface area contributed by atoms with Gasteiger partial charge in [-0.05, 0) is 57.0 Å². The Kier molecular flexibility index (Phi) is 9.24. The molecule has 1 atom stereocenters. The molecule has 162 valence electrons. The van der Waals surface area contributed by atoms with Crippen LogP contribution in [-0.2, 0) is 4.79 Å². The van der Waals surface area contributed by atoms with E-state index in [-0.39, 0.29) is 11.8 Å². The first-order valence-electron chi connectivity index (χ1n) is 10.7. The predicted octanol–water partition coefficient (Wildman–Crippen LogP) is 3.56. The molecule has 29 heavy (non-hydrogen) atoms. The number of amides is 2. The van der Waals surface area contributed by atoms with Crippen LogP contribution in [0.5, 0.6) is 0 Å². The van der Waals surface area contributed by atoms with Gasteiger partial charge >= 0.3 is 0 Å². The van der Waals surface area contributed by atoms with Gasteiger partial charge in [-0.2, -0.15) is 0 Å². The standard InChI is InChI=1S/C22H35ClN4O2/c1-5-26(6-2)14-11-24-22(29)19-15-18(25-21(28)17(4)23)7-8-20(19)27-12-9-16(3)10-13-27/h7-8,15-17H,5-6,9-14H2,1-4H3,(H,24,29)(H,25,28). The van der Waals surface area contributed by atoms with Crippen LogP contribution in [0.3, 0.4) is 0 Å². The molecule has 0 bridgehead atoms. The molecule has 1 aromatic carbocycles. The van der Waals surface area contributed by atoms with Gasteiger partial charge in [0.1, 0.15) is 5.38 Å². The smallest absolute Gasteiger partial charge is 0.253 e. The van der Waals surface area contributed by atoms with Crippen LogP contribution in [-0.4, -0.2) is 61.4 Å². The van der Waals surface area contributed by atoms with E-state index in [2.05, 4.69) is 41.2 Å². The predicted molar refractivity (Wildman–Crippen MR) is 121 cm³/mol. The lowest BCUT2D eigenvalue weighted by Crippen LogP contribution is -2.37. The monoisotopic (exact) mass is 422 g/mol. The number of carbonyl (C=O) groups excluding carboxylic acids is 2. The van der Waals surface area contributed by atoms with Gasteiger partial charge in [0.05, 0.1) is 5.56 Å². The van der Waals surface area contributed by atoms with E-state index in [0.717, 1.165) is 51.3 Å². The molecular weight excluding hydrogens is 388 g/mol. The van der Waals surface area contributed by atoms with E-state index in [1.54, 1.807) is 13.0 Å². The lowest BCUT2D eigenvalue weighted by molar-refractivity contribution is -0.115. The summed E-state index contributed by atoms with van der Waals surface area (Å²) in [5.74, 6) is 0.321.